The van der Waals surface area contributed by atoms with Crippen molar-refractivity contribution in [1.82, 2.24) is 0 Å². The first-order chi connectivity index (χ1) is 7.09. The maximum Gasteiger partial charge on any atom is 0.306 e. The molecule has 0 aliphatic carbocycles. The Kier molecular flexibility index (Phi) is 4.31. The van der Waals surface area contributed by atoms with Crippen molar-refractivity contribution in [2.75, 3.05) is 0 Å². The maximum atomic E-state index is 10.6. The molecule has 15 heavy (non-hydrogen) atoms. The minimum Gasteiger partial charge on any atom is -0.481 e. The summed E-state index contributed by atoms with van der Waals surface area (Å²) in [7, 11) is 0. The second kappa shape index (κ2) is 5.51. The molecule has 0 aliphatic heterocycles. The van der Waals surface area contributed by atoms with E-state index < -0.39 is 5.97 Å². The minimum atomic E-state index is -0.779. The monoisotopic (exact) mass is 207 g/mol. The van der Waals surface area contributed by atoms with Crippen LogP contribution in [0.2, 0.25) is 0 Å². The Balaban J connectivity index is 2.43. The molecular formula is C12H17NO2. The summed E-state index contributed by atoms with van der Waals surface area (Å²) in [5.74, 6) is -1.15. The molecule has 0 radical (unpaired) electrons. The molecule has 82 valence electrons. The molecule has 0 aromatic heterocycles. The summed E-state index contributed by atoms with van der Waals surface area (Å²) in [6.45, 7) is 1.69. The van der Waals surface area contributed by atoms with Crippen molar-refractivity contribution >= 4 is 5.97 Å². The topological polar surface area (TPSA) is 63.3 Å². The van der Waals surface area contributed by atoms with Gasteiger partial charge in [-0.1, -0.05) is 37.3 Å². The van der Waals surface area contributed by atoms with Gasteiger partial charge in [0.2, 0.25) is 0 Å². The number of benzene rings is 1. The maximum absolute atomic E-state index is 10.6. The molecule has 0 saturated carbocycles. The third-order valence-corrected chi connectivity index (χ3v) is 2.42. The molecule has 1 aromatic carbocycles. The van der Waals surface area contributed by atoms with Crippen LogP contribution in [-0.4, -0.2) is 17.1 Å². The average molecular weight is 207 g/mol. The molecule has 1 unspecified atom stereocenters. The van der Waals surface area contributed by atoms with Crippen LogP contribution in [0.4, 0.5) is 0 Å². The van der Waals surface area contributed by atoms with E-state index in [0.29, 0.717) is 6.42 Å². The van der Waals surface area contributed by atoms with Crippen LogP contribution in [0, 0.1) is 5.92 Å². The highest BCUT2D eigenvalue weighted by molar-refractivity contribution is 5.69. The number of carbonyl (C=O) groups is 1. The number of hydrogen-bond acceptors (Lipinski definition) is 2. The zero-order chi connectivity index (χ0) is 11.3. The van der Waals surface area contributed by atoms with E-state index in [-0.39, 0.29) is 12.0 Å². The lowest BCUT2D eigenvalue weighted by Gasteiger charge is -2.14. The van der Waals surface area contributed by atoms with Gasteiger partial charge in [0.15, 0.2) is 0 Å². The lowest BCUT2D eigenvalue weighted by molar-refractivity contribution is -0.141. The lowest BCUT2D eigenvalue weighted by Crippen LogP contribution is -2.28. The summed E-state index contributed by atoms with van der Waals surface area (Å²) in [6.07, 6.45) is 1.25. The van der Waals surface area contributed by atoms with E-state index in [1.54, 1.807) is 6.92 Å². The molecule has 0 fully saturated rings. The average Bonchev–Trinajstić information content (AvgIpc) is 2.18. The lowest BCUT2D eigenvalue weighted by atomic mass is 9.97. The van der Waals surface area contributed by atoms with E-state index in [1.807, 2.05) is 30.3 Å². The van der Waals surface area contributed by atoms with Crippen molar-refractivity contribution in [3.05, 3.63) is 35.9 Å². The summed E-state index contributed by atoms with van der Waals surface area (Å²) < 4.78 is 0. The highest BCUT2D eigenvalue weighted by Gasteiger charge is 2.15. The van der Waals surface area contributed by atoms with Gasteiger partial charge in [0, 0.05) is 6.04 Å². The summed E-state index contributed by atoms with van der Waals surface area (Å²) in [5, 5.41) is 8.74. The number of carboxylic acids is 1. The molecule has 1 rings (SSSR count). The Labute approximate surface area is 89.9 Å². The zero-order valence-corrected chi connectivity index (χ0v) is 8.89. The van der Waals surface area contributed by atoms with E-state index in [2.05, 4.69) is 0 Å². The minimum absolute atomic E-state index is 0.0847. The van der Waals surface area contributed by atoms with Gasteiger partial charge in [-0.3, -0.25) is 4.79 Å². The molecular weight excluding hydrogens is 190 g/mol. The standard InChI is InChI=1S/C12H17NO2/c1-9(12(14)15)7-11(13)8-10-5-3-2-4-6-10/h2-6,9,11H,7-8,13H2,1H3,(H,14,15)/t9-,11?/m0/s1. The molecule has 0 saturated heterocycles. The van der Waals surface area contributed by atoms with Crippen molar-refractivity contribution in [3.63, 3.8) is 0 Å². The fourth-order valence-corrected chi connectivity index (χ4v) is 1.56. The van der Waals surface area contributed by atoms with E-state index in [1.165, 1.54) is 0 Å². The first kappa shape index (κ1) is 11.7. The van der Waals surface area contributed by atoms with Crippen molar-refractivity contribution in [1.29, 1.82) is 0 Å². The van der Waals surface area contributed by atoms with Crippen LogP contribution in [-0.2, 0) is 11.2 Å². The molecule has 0 aliphatic rings. The summed E-state index contributed by atoms with van der Waals surface area (Å²) in [5.41, 5.74) is 7.04. The van der Waals surface area contributed by atoms with Gasteiger partial charge < -0.3 is 10.8 Å². The molecule has 1 aromatic rings. The molecule has 3 nitrogen and oxygen atoms in total. The highest BCUT2D eigenvalue weighted by atomic mass is 16.4. The molecule has 0 heterocycles. The largest absolute Gasteiger partial charge is 0.481 e. The summed E-state index contributed by atoms with van der Waals surface area (Å²) in [4.78, 5) is 10.6. The molecule has 2 atom stereocenters. The second-order valence-corrected chi connectivity index (χ2v) is 3.92. The Bertz CT molecular complexity index is 311. The van der Waals surface area contributed by atoms with Gasteiger partial charge in [0.05, 0.1) is 5.92 Å². The van der Waals surface area contributed by atoms with Crippen molar-refractivity contribution in [3.8, 4) is 0 Å². The van der Waals surface area contributed by atoms with Gasteiger partial charge in [-0.05, 0) is 18.4 Å². The van der Waals surface area contributed by atoms with Gasteiger partial charge in [0.25, 0.3) is 0 Å². The SMILES string of the molecule is C[C@@H](CC(N)Cc1ccccc1)C(=O)O. The zero-order valence-electron chi connectivity index (χ0n) is 8.89. The Morgan fingerprint density at radius 2 is 2.00 bits per heavy atom. The molecule has 0 amide bonds. The number of nitrogens with two attached hydrogens (primary N) is 1. The molecule has 3 N–H and O–H groups in total. The molecule has 3 heteroatoms. The van der Waals surface area contributed by atoms with E-state index >= 15 is 0 Å². The smallest absolute Gasteiger partial charge is 0.306 e. The molecule has 0 spiro atoms. The van der Waals surface area contributed by atoms with Gasteiger partial charge >= 0.3 is 5.97 Å². The van der Waals surface area contributed by atoms with Crippen LogP contribution in [0.3, 0.4) is 0 Å². The fraction of sp³-hybridized carbons (Fsp3) is 0.417. The van der Waals surface area contributed by atoms with Crippen LogP contribution in [0.25, 0.3) is 0 Å². The first-order valence-electron chi connectivity index (χ1n) is 5.12. The number of aliphatic carboxylic acids is 1. The Hall–Kier alpha value is -1.35. The Morgan fingerprint density at radius 3 is 2.53 bits per heavy atom. The van der Waals surface area contributed by atoms with Crippen LogP contribution >= 0.6 is 0 Å². The molecule has 0 bridgehead atoms. The van der Waals surface area contributed by atoms with Crippen LogP contribution in [0.1, 0.15) is 18.9 Å². The third-order valence-electron chi connectivity index (χ3n) is 2.42. The quantitative estimate of drug-likeness (QED) is 0.772. The normalized spacial score (nSPS) is 14.5. The van der Waals surface area contributed by atoms with Gasteiger partial charge in [0.1, 0.15) is 0 Å². The predicted molar refractivity (Wildman–Crippen MR) is 59.5 cm³/mol. The first-order valence-corrected chi connectivity index (χ1v) is 5.12. The van der Waals surface area contributed by atoms with E-state index in [4.69, 9.17) is 10.8 Å². The number of rotatable bonds is 5. The summed E-state index contributed by atoms with van der Waals surface area (Å²) in [6, 6.07) is 9.80. The van der Waals surface area contributed by atoms with Gasteiger partial charge in [-0.15, -0.1) is 0 Å². The Morgan fingerprint density at radius 1 is 1.40 bits per heavy atom. The van der Waals surface area contributed by atoms with Gasteiger partial charge in [-0.25, -0.2) is 0 Å². The van der Waals surface area contributed by atoms with E-state index in [9.17, 15) is 4.79 Å². The highest BCUT2D eigenvalue weighted by Crippen LogP contribution is 2.09. The van der Waals surface area contributed by atoms with Crippen LogP contribution in [0.15, 0.2) is 30.3 Å². The fourth-order valence-electron chi connectivity index (χ4n) is 1.56. The van der Waals surface area contributed by atoms with E-state index in [0.717, 1.165) is 12.0 Å². The van der Waals surface area contributed by atoms with Crippen molar-refractivity contribution in [2.24, 2.45) is 11.7 Å². The number of carboxylic acid groups (broad SMARTS) is 1. The summed E-state index contributed by atoms with van der Waals surface area (Å²) >= 11 is 0. The third kappa shape index (κ3) is 4.13. The second-order valence-electron chi connectivity index (χ2n) is 3.92. The van der Waals surface area contributed by atoms with Crippen LogP contribution in [0.5, 0.6) is 0 Å². The van der Waals surface area contributed by atoms with Crippen molar-refractivity contribution < 1.29 is 9.90 Å². The van der Waals surface area contributed by atoms with Crippen LogP contribution < -0.4 is 5.73 Å². The van der Waals surface area contributed by atoms with Crippen molar-refractivity contribution in [2.45, 2.75) is 25.8 Å². The predicted octanol–water partition coefficient (Wildman–Crippen LogP) is 1.67. The van der Waals surface area contributed by atoms with Gasteiger partial charge in [-0.2, -0.15) is 0 Å². The number of hydrogen-bond donors (Lipinski definition) is 2.